The van der Waals surface area contributed by atoms with Gasteiger partial charge < -0.3 is 14.6 Å². The minimum absolute atomic E-state index is 0.240. The zero-order valence-electron chi connectivity index (χ0n) is 11.7. The number of rotatable bonds is 5. The van der Waals surface area contributed by atoms with Crippen LogP contribution in [0.2, 0.25) is 0 Å². The molecule has 0 fully saturated rings. The third-order valence-corrected chi connectivity index (χ3v) is 3.03. The van der Waals surface area contributed by atoms with Gasteiger partial charge in [-0.05, 0) is 29.8 Å². The summed E-state index contributed by atoms with van der Waals surface area (Å²) in [5.41, 5.74) is 2.01. The lowest BCUT2D eigenvalue weighted by atomic mass is 10.2. The molecule has 5 heteroatoms. The molecule has 0 saturated carbocycles. The number of hydrogen-bond donors (Lipinski definition) is 1. The van der Waals surface area contributed by atoms with E-state index in [2.05, 4.69) is 15.0 Å². The average molecular weight is 294 g/mol. The number of hydrogen-bond acceptors (Lipinski definition) is 4. The number of aromatic nitrogens is 1. The van der Waals surface area contributed by atoms with Crippen molar-refractivity contribution in [1.29, 1.82) is 0 Å². The van der Waals surface area contributed by atoms with Crippen molar-refractivity contribution in [3.8, 4) is 5.75 Å². The molecule has 0 aliphatic heterocycles. The van der Waals surface area contributed by atoms with E-state index in [1.165, 1.54) is 12.3 Å². The van der Waals surface area contributed by atoms with Gasteiger partial charge in [-0.3, -0.25) is 4.79 Å². The molecule has 5 nitrogen and oxygen atoms in total. The average Bonchev–Trinajstić information content (AvgIpc) is 3.10. The van der Waals surface area contributed by atoms with Crippen molar-refractivity contribution in [3.05, 3.63) is 78.2 Å². The quantitative estimate of drug-likeness (QED) is 0.782. The van der Waals surface area contributed by atoms with Gasteiger partial charge in [0.2, 0.25) is 0 Å². The van der Waals surface area contributed by atoms with Crippen LogP contribution in [0.25, 0.3) is 0 Å². The van der Waals surface area contributed by atoms with Crippen LogP contribution in [0.5, 0.6) is 5.75 Å². The molecule has 0 saturated heterocycles. The first kappa shape index (κ1) is 13.9. The summed E-state index contributed by atoms with van der Waals surface area (Å²) in [5.74, 6) is 0.426. The molecule has 1 aromatic heterocycles. The number of carbonyl (C=O) groups excluding carboxylic acids is 1. The van der Waals surface area contributed by atoms with Crippen LogP contribution in [-0.2, 0) is 6.61 Å². The van der Waals surface area contributed by atoms with Gasteiger partial charge >= 0.3 is 0 Å². The Balaban J connectivity index is 1.57. The summed E-state index contributed by atoms with van der Waals surface area (Å²) in [6, 6.07) is 18.6. The zero-order chi connectivity index (χ0) is 15.2. The molecule has 0 atom stereocenters. The Hall–Kier alpha value is -3.08. The minimum Gasteiger partial charge on any atom is -0.489 e. The summed E-state index contributed by atoms with van der Waals surface area (Å²) >= 11 is 0. The molecular formula is C17H14N2O3. The van der Waals surface area contributed by atoms with E-state index >= 15 is 0 Å². The van der Waals surface area contributed by atoms with Crippen molar-refractivity contribution in [2.45, 2.75) is 6.61 Å². The van der Waals surface area contributed by atoms with Crippen molar-refractivity contribution in [1.82, 2.24) is 5.16 Å². The predicted octanol–water partition coefficient (Wildman–Crippen LogP) is 3.51. The highest BCUT2D eigenvalue weighted by Crippen LogP contribution is 2.17. The molecule has 1 heterocycles. The molecule has 0 radical (unpaired) electrons. The Morgan fingerprint density at radius 2 is 1.82 bits per heavy atom. The van der Waals surface area contributed by atoms with Gasteiger partial charge in [0.05, 0.1) is 0 Å². The van der Waals surface area contributed by atoms with Gasteiger partial charge in [0, 0.05) is 11.8 Å². The van der Waals surface area contributed by atoms with Crippen molar-refractivity contribution in [3.63, 3.8) is 0 Å². The number of amides is 1. The van der Waals surface area contributed by atoms with Crippen LogP contribution >= 0.6 is 0 Å². The first-order chi connectivity index (χ1) is 10.8. The fourth-order valence-corrected chi connectivity index (χ4v) is 1.90. The first-order valence-electron chi connectivity index (χ1n) is 6.80. The van der Waals surface area contributed by atoms with Gasteiger partial charge in [-0.1, -0.05) is 35.5 Å². The minimum atomic E-state index is -0.313. The Bertz CT molecular complexity index is 722. The van der Waals surface area contributed by atoms with Crippen LogP contribution in [0, 0.1) is 0 Å². The molecule has 0 aliphatic rings. The number of nitrogens with zero attached hydrogens (tertiary/aromatic N) is 1. The highest BCUT2D eigenvalue weighted by Gasteiger charge is 2.08. The molecule has 1 N–H and O–H groups in total. The smallest absolute Gasteiger partial charge is 0.277 e. The third kappa shape index (κ3) is 3.52. The standard InChI is InChI=1S/C17H14N2O3/c20-17(16-10-11-22-19-16)18-14-6-8-15(9-7-14)21-12-13-4-2-1-3-5-13/h1-11H,12H2,(H,18,20). The summed E-state index contributed by atoms with van der Waals surface area (Å²) in [4.78, 5) is 11.8. The molecule has 0 spiro atoms. The van der Waals surface area contributed by atoms with E-state index in [1.54, 1.807) is 24.3 Å². The molecule has 22 heavy (non-hydrogen) atoms. The maximum Gasteiger partial charge on any atom is 0.277 e. The highest BCUT2D eigenvalue weighted by molar-refractivity contribution is 6.02. The van der Waals surface area contributed by atoms with Crippen molar-refractivity contribution in [2.24, 2.45) is 0 Å². The Morgan fingerprint density at radius 3 is 2.50 bits per heavy atom. The Labute approximate surface area is 127 Å². The van der Waals surface area contributed by atoms with Gasteiger partial charge in [-0.25, -0.2) is 0 Å². The largest absolute Gasteiger partial charge is 0.489 e. The molecule has 1 amide bonds. The molecule has 0 unspecified atom stereocenters. The molecule has 2 aromatic carbocycles. The van der Waals surface area contributed by atoms with Crippen molar-refractivity contribution < 1.29 is 14.1 Å². The number of anilines is 1. The second kappa shape index (κ2) is 6.58. The van der Waals surface area contributed by atoms with Crippen LogP contribution in [0.15, 0.2) is 71.4 Å². The molecule has 0 aliphatic carbocycles. The molecule has 110 valence electrons. The van der Waals surface area contributed by atoms with E-state index in [0.29, 0.717) is 12.3 Å². The van der Waals surface area contributed by atoms with Crippen molar-refractivity contribution in [2.75, 3.05) is 5.32 Å². The number of benzene rings is 2. The second-order valence-corrected chi connectivity index (χ2v) is 4.64. The van der Waals surface area contributed by atoms with Crippen molar-refractivity contribution >= 4 is 11.6 Å². The zero-order valence-corrected chi connectivity index (χ0v) is 11.7. The summed E-state index contributed by atoms with van der Waals surface area (Å²) in [7, 11) is 0. The second-order valence-electron chi connectivity index (χ2n) is 4.64. The lowest BCUT2D eigenvalue weighted by Crippen LogP contribution is -2.11. The normalized spacial score (nSPS) is 10.2. The third-order valence-electron chi connectivity index (χ3n) is 3.03. The van der Waals surface area contributed by atoms with Crippen LogP contribution in [-0.4, -0.2) is 11.1 Å². The summed E-state index contributed by atoms with van der Waals surface area (Å²) in [5, 5.41) is 6.31. The number of carbonyl (C=O) groups is 1. The fourth-order valence-electron chi connectivity index (χ4n) is 1.90. The summed E-state index contributed by atoms with van der Waals surface area (Å²) in [6.45, 7) is 0.505. The number of nitrogens with one attached hydrogen (secondary N) is 1. The van der Waals surface area contributed by atoms with Gasteiger partial charge in [-0.15, -0.1) is 0 Å². The van der Waals surface area contributed by atoms with E-state index < -0.39 is 0 Å². The highest BCUT2D eigenvalue weighted by atomic mass is 16.5. The first-order valence-corrected chi connectivity index (χ1v) is 6.80. The SMILES string of the molecule is O=C(Nc1ccc(OCc2ccccc2)cc1)c1ccon1. The van der Waals surface area contributed by atoms with E-state index in [-0.39, 0.29) is 11.6 Å². The predicted molar refractivity (Wildman–Crippen MR) is 81.7 cm³/mol. The van der Waals surface area contributed by atoms with Crippen LogP contribution in [0.3, 0.4) is 0 Å². The van der Waals surface area contributed by atoms with Gasteiger partial charge in [0.25, 0.3) is 5.91 Å². The molecule has 3 rings (SSSR count). The maximum atomic E-state index is 11.8. The molecule has 3 aromatic rings. The van der Waals surface area contributed by atoms with Gasteiger partial charge in [0.15, 0.2) is 5.69 Å². The lowest BCUT2D eigenvalue weighted by Gasteiger charge is -2.08. The Kier molecular flexibility index (Phi) is 4.15. The lowest BCUT2D eigenvalue weighted by molar-refractivity contribution is 0.101. The van der Waals surface area contributed by atoms with Crippen LogP contribution < -0.4 is 10.1 Å². The summed E-state index contributed by atoms with van der Waals surface area (Å²) in [6.07, 6.45) is 1.36. The van der Waals surface area contributed by atoms with Crippen LogP contribution in [0.4, 0.5) is 5.69 Å². The van der Waals surface area contributed by atoms with E-state index in [9.17, 15) is 4.79 Å². The summed E-state index contributed by atoms with van der Waals surface area (Å²) < 4.78 is 10.3. The van der Waals surface area contributed by atoms with Gasteiger partial charge in [0.1, 0.15) is 18.6 Å². The van der Waals surface area contributed by atoms with Crippen LogP contribution in [0.1, 0.15) is 16.1 Å². The molecular weight excluding hydrogens is 280 g/mol. The fraction of sp³-hybridized carbons (Fsp3) is 0.0588. The number of ether oxygens (including phenoxy) is 1. The van der Waals surface area contributed by atoms with E-state index in [4.69, 9.17) is 4.74 Å². The topological polar surface area (TPSA) is 64.4 Å². The molecule has 0 bridgehead atoms. The van der Waals surface area contributed by atoms with Gasteiger partial charge in [-0.2, -0.15) is 0 Å². The maximum absolute atomic E-state index is 11.8. The van der Waals surface area contributed by atoms with E-state index in [1.807, 2.05) is 30.3 Å². The Morgan fingerprint density at radius 1 is 1.05 bits per heavy atom. The monoisotopic (exact) mass is 294 g/mol. The van der Waals surface area contributed by atoms with E-state index in [0.717, 1.165) is 11.3 Å².